The molecule has 1 heterocycles. The lowest BCUT2D eigenvalue weighted by Crippen LogP contribution is -2.32. The lowest BCUT2D eigenvalue weighted by atomic mass is 9.88. The third kappa shape index (κ3) is 2.27. The first-order chi connectivity index (χ1) is 7.48. The van der Waals surface area contributed by atoms with Crippen LogP contribution in [0.5, 0.6) is 5.75 Å². The maximum absolute atomic E-state index is 9.48. The largest absolute Gasteiger partial charge is 0.487 e. The van der Waals surface area contributed by atoms with Crippen molar-refractivity contribution in [3.05, 3.63) is 35.9 Å². The van der Waals surface area contributed by atoms with Gasteiger partial charge in [-0.15, -0.1) is 0 Å². The van der Waals surface area contributed by atoms with Crippen LogP contribution in [0.15, 0.2) is 30.3 Å². The smallest absolute Gasteiger partial charge is 0.127 e. The number of fused-ring (bicyclic) bond motifs is 1. The van der Waals surface area contributed by atoms with E-state index in [4.69, 9.17) is 4.74 Å². The van der Waals surface area contributed by atoms with Crippen molar-refractivity contribution in [2.24, 2.45) is 0 Å². The Bertz CT molecular complexity index is 416. The number of aliphatic hydroxyl groups excluding tert-OH is 1. The molecule has 1 N–H and O–H groups in total. The third-order valence-corrected chi connectivity index (χ3v) is 2.68. The van der Waals surface area contributed by atoms with Crippen LogP contribution in [0.1, 0.15) is 32.8 Å². The van der Waals surface area contributed by atoms with Gasteiger partial charge in [-0.2, -0.15) is 0 Å². The quantitative estimate of drug-likeness (QED) is 0.785. The van der Waals surface area contributed by atoms with Crippen LogP contribution in [-0.4, -0.2) is 16.8 Å². The Hall–Kier alpha value is -1.28. The average Bonchev–Trinajstić information content (AvgIpc) is 2.14. The molecular weight excluding hydrogens is 200 g/mol. The lowest BCUT2D eigenvalue weighted by molar-refractivity contribution is 0.107. The van der Waals surface area contributed by atoms with Crippen molar-refractivity contribution in [2.75, 3.05) is 0 Å². The highest BCUT2D eigenvalue weighted by atomic mass is 16.5. The predicted octanol–water partition coefficient (Wildman–Crippen LogP) is 3.01. The van der Waals surface area contributed by atoms with Crippen LogP contribution >= 0.6 is 0 Å². The summed E-state index contributed by atoms with van der Waals surface area (Å²) in [5.74, 6) is 0.908. The molecule has 1 aliphatic rings. The molecule has 0 radical (unpaired) electrons. The molecule has 16 heavy (non-hydrogen) atoms. The molecule has 86 valence electrons. The Morgan fingerprint density at radius 3 is 2.75 bits per heavy atom. The number of ether oxygens (including phenoxy) is 1. The molecule has 0 bridgehead atoms. The van der Waals surface area contributed by atoms with E-state index in [1.807, 2.05) is 30.3 Å². The van der Waals surface area contributed by atoms with E-state index in [2.05, 4.69) is 13.8 Å². The second-order valence-electron chi connectivity index (χ2n) is 4.97. The molecule has 1 aliphatic heterocycles. The van der Waals surface area contributed by atoms with Crippen molar-refractivity contribution in [3.8, 4) is 5.75 Å². The second-order valence-corrected chi connectivity index (χ2v) is 4.97. The first kappa shape index (κ1) is 11.2. The number of aliphatic hydroxyl groups is 1. The molecule has 2 heteroatoms. The van der Waals surface area contributed by atoms with E-state index < -0.39 is 6.10 Å². The number of hydrogen-bond acceptors (Lipinski definition) is 2. The van der Waals surface area contributed by atoms with E-state index in [1.54, 1.807) is 6.92 Å². The van der Waals surface area contributed by atoms with Gasteiger partial charge in [0.1, 0.15) is 11.4 Å². The Morgan fingerprint density at radius 1 is 1.38 bits per heavy atom. The maximum atomic E-state index is 9.48. The number of rotatable bonds is 1. The van der Waals surface area contributed by atoms with E-state index in [-0.39, 0.29) is 5.60 Å². The van der Waals surface area contributed by atoms with Gasteiger partial charge in [-0.3, -0.25) is 0 Å². The highest BCUT2D eigenvalue weighted by molar-refractivity contribution is 5.73. The summed E-state index contributed by atoms with van der Waals surface area (Å²) in [7, 11) is 0. The molecule has 0 saturated heterocycles. The third-order valence-electron chi connectivity index (χ3n) is 2.68. The van der Waals surface area contributed by atoms with Crippen LogP contribution in [0.4, 0.5) is 0 Å². The molecule has 1 atom stereocenters. The fourth-order valence-corrected chi connectivity index (χ4v) is 2.15. The van der Waals surface area contributed by atoms with Gasteiger partial charge in [0.2, 0.25) is 0 Å². The van der Waals surface area contributed by atoms with E-state index in [0.717, 1.165) is 17.7 Å². The first-order valence-corrected chi connectivity index (χ1v) is 5.65. The molecule has 1 unspecified atom stereocenters. The fraction of sp³-hybridized carbons (Fsp3) is 0.429. The zero-order valence-electron chi connectivity index (χ0n) is 10.0. The van der Waals surface area contributed by atoms with Crippen LogP contribution < -0.4 is 4.74 Å². The van der Waals surface area contributed by atoms with Gasteiger partial charge in [-0.25, -0.2) is 0 Å². The summed E-state index contributed by atoms with van der Waals surface area (Å²) in [6, 6.07) is 7.99. The molecule has 0 aliphatic carbocycles. The van der Waals surface area contributed by atoms with Gasteiger partial charge < -0.3 is 9.84 Å². The van der Waals surface area contributed by atoms with Crippen molar-refractivity contribution < 1.29 is 9.84 Å². The standard InChI is InChI=1S/C14H18O2/c1-10(15)8-11-9-14(2,3)16-13-7-5-4-6-12(11)13/h4-8,10,15H,9H2,1-3H3/b11-8-. The minimum absolute atomic E-state index is 0.199. The Kier molecular flexibility index (Phi) is 2.76. The lowest BCUT2D eigenvalue weighted by Gasteiger charge is -2.34. The fourth-order valence-electron chi connectivity index (χ4n) is 2.15. The zero-order chi connectivity index (χ0) is 11.8. The van der Waals surface area contributed by atoms with Crippen molar-refractivity contribution in [1.29, 1.82) is 0 Å². The SMILES string of the molecule is CC(O)/C=C1/CC(C)(C)Oc2ccccc21. The Morgan fingerprint density at radius 2 is 2.06 bits per heavy atom. The van der Waals surface area contributed by atoms with Crippen LogP contribution in [0.3, 0.4) is 0 Å². The molecule has 1 aromatic rings. The van der Waals surface area contributed by atoms with Gasteiger partial charge in [0.05, 0.1) is 6.10 Å². The molecule has 2 nitrogen and oxygen atoms in total. The zero-order valence-corrected chi connectivity index (χ0v) is 10.0. The van der Waals surface area contributed by atoms with Crippen LogP contribution in [-0.2, 0) is 0 Å². The topological polar surface area (TPSA) is 29.5 Å². The second kappa shape index (κ2) is 3.95. The summed E-state index contributed by atoms with van der Waals surface area (Å²) < 4.78 is 5.91. The minimum atomic E-state index is -0.419. The summed E-state index contributed by atoms with van der Waals surface area (Å²) in [5.41, 5.74) is 2.07. The Balaban J connectivity index is 2.48. The molecule has 0 aromatic heterocycles. The number of hydrogen-bond donors (Lipinski definition) is 1. The molecule has 0 spiro atoms. The number of para-hydroxylation sites is 1. The van der Waals surface area contributed by atoms with Gasteiger partial charge in [0.15, 0.2) is 0 Å². The highest BCUT2D eigenvalue weighted by Crippen LogP contribution is 2.39. The summed E-state index contributed by atoms with van der Waals surface area (Å²) in [5, 5.41) is 9.48. The van der Waals surface area contributed by atoms with Crippen molar-refractivity contribution >= 4 is 5.57 Å². The average molecular weight is 218 g/mol. The highest BCUT2D eigenvalue weighted by Gasteiger charge is 2.29. The Labute approximate surface area is 96.6 Å². The molecule has 2 rings (SSSR count). The first-order valence-electron chi connectivity index (χ1n) is 5.65. The van der Waals surface area contributed by atoms with Crippen LogP contribution in [0, 0.1) is 0 Å². The van der Waals surface area contributed by atoms with E-state index in [1.165, 1.54) is 5.57 Å². The maximum Gasteiger partial charge on any atom is 0.127 e. The van der Waals surface area contributed by atoms with Gasteiger partial charge >= 0.3 is 0 Å². The molecule has 1 aromatic carbocycles. The van der Waals surface area contributed by atoms with Crippen LogP contribution in [0.2, 0.25) is 0 Å². The van der Waals surface area contributed by atoms with Gasteiger partial charge in [-0.1, -0.05) is 24.3 Å². The number of benzene rings is 1. The molecular formula is C14H18O2. The van der Waals surface area contributed by atoms with Crippen molar-refractivity contribution in [3.63, 3.8) is 0 Å². The van der Waals surface area contributed by atoms with Crippen molar-refractivity contribution in [1.82, 2.24) is 0 Å². The van der Waals surface area contributed by atoms with Crippen molar-refractivity contribution in [2.45, 2.75) is 38.9 Å². The van der Waals surface area contributed by atoms with E-state index in [0.29, 0.717) is 0 Å². The molecule has 0 amide bonds. The van der Waals surface area contributed by atoms with E-state index in [9.17, 15) is 5.11 Å². The van der Waals surface area contributed by atoms with Gasteiger partial charge in [0, 0.05) is 12.0 Å². The van der Waals surface area contributed by atoms with Gasteiger partial charge in [-0.05, 0) is 32.4 Å². The van der Waals surface area contributed by atoms with E-state index >= 15 is 0 Å². The van der Waals surface area contributed by atoms with Gasteiger partial charge in [0.25, 0.3) is 0 Å². The van der Waals surface area contributed by atoms with Crippen LogP contribution in [0.25, 0.3) is 5.57 Å². The molecule has 0 fully saturated rings. The normalized spacial score (nSPS) is 22.4. The summed E-state index contributed by atoms with van der Waals surface area (Å²) >= 11 is 0. The summed E-state index contributed by atoms with van der Waals surface area (Å²) in [4.78, 5) is 0. The molecule has 0 saturated carbocycles. The summed E-state index contributed by atoms with van der Waals surface area (Å²) in [6.07, 6.45) is 2.31. The summed E-state index contributed by atoms with van der Waals surface area (Å²) in [6.45, 7) is 5.91. The predicted molar refractivity (Wildman–Crippen MR) is 65.4 cm³/mol. The monoisotopic (exact) mass is 218 g/mol. The minimum Gasteiger partial charge on any atom is -0.487 e.